The molecule has 3 aromatic rings. The first-order valence-electron chi connectivity index (χ1n) is 7.35. The Hall–Kier alpha value is -3.53. The van der Waals surface area contributed by atoms with Gasteiger partial charge in [-0.1, -0.05) is 11.3 Å². The maximum atomic E-state index is 12.0. The number of nitro benzene ring substituents is 1. The monoisotopic (exact) mass is 371 g/mol. The highest BCUT2D eigenvalue weighted by Crippen LogP contribution is 2.27. The van der Waals surface area contributed by atoms with Crippen LogP contribution in [0.25, 0.3) is 10.6 Å². The van der Waals surface area contributed by atoms with Gasteiger partial charge in [-0.2, -0.15) is 0 Å². The lowest BCUT2D eigenvalue weighted by molar-refractivity contribution is -0.384. The van der Waals surface area contributed by atoms with E-state index in [1.165, 1.54) is 35.6 Å². The second-order valence-corrected chi connectivity index (χ2v) is 6.00. The zero-order valence-corrected chi connectivity index (χ0v) is 14.3. The van der Waals surface area contributed by atoms with Crippen molar-refractivity contribution in [2.24, 2.45) is 0 Å². The Labute approximate surface area is 151 Å². The van der Waals surface area contributed by atoms with E-state index in [-0.39, 0.29) is 5.69 Å². The summed E-state index contributed by atoms with van der Waals surface area (Å²) >= 11 is 1.22. The molecule has 0 saturated carbocycles. The van der Waals surface area contributed by atoms with Gasteiger partial charge in [0.2, 0.25) is 5.13 Å². The van der Waals surface area contributed by atoms with Crippen molar-refractivity contribution in [1.82, 2.24) is 10.2 Å². The Balaban J connectivity index is 1.62. The molecule has 2 N–H and O–H groups in total. The first-order valence-corrected chi connectivity index (χ1v) is 8.17. The van der Waals surface area contributed by atoms with Crippen molar-refractivity contribution in [2.45, 2.75) is 0 Å². The lowest BCUT2D eigenvalue weighted by atomic mass is 10.2. The second kappa shape index (κ2) is 7.57. The molecule has 0 fully saturated rings. The van der Waals surface area contributed by atoms with Crippen LogP contribution >= 0.6 is 11.3 Å². The zero-order valence-electron chi connectivity index (χ0n) is 13.5. The summed E-state index contributed by atoms with van der Waals surface area (Å²) in [6.45, 7) is 0. The number of benzene rings is 2. The minimum atomic E-state index is -0.517. The molecule has 132 valence electrons. The van der Waals surface area contributed by atoms with Crippen molar-refractivity contribution < 1.29 is 14.5 Å². The molecule has 1 aromatic heterocycles. The van der Waals surface area contributed by atoms with Gasteiger partial charge >= 0.3 is 6.03 Å². The standard InChI is InChI=1S/C16H13N5O4S/c1-25-13-8-2-10(3-9-13)14-19-20-16(26-14)18-15(22)17-11-4-6-12(7-5-11)21(23)24/h2-9H,1H3,(H2,17,18,20,22). The van der Waals surface area contributed by atoms with Gasteiger partial charge < -0.3 is 10.1 Å². The number of carbonyl (C=O) groups is 1. The molecular weight excluding hydrogens is 358 g/mol. The van der Waals surface area contributed by atoms with Crippen molar-refractivity contribution >= 4 is 33.9 Å². The zero-order chi connectivity index (χ0) is 18.5. The number of hydrogen-bond acceptors (Lipinski definition) is 7. The lowest BCUT2D eigenvalue weighted by Gasteiger charge is -2.04. The highest BCUT2D eigenvalue weighted by Gasteiger charge is 2.11. The number of urea groups is 1. The number of methoxy groups -OCH3 is 1. The Bertz CT molecular complexity index is 925. The van der Waals surface area contributed by atoms with Crippen molar-refractivity contribution in [3.63, 3.8) is 0 Å². The van der Waals surface area contributed by atoms with Crippen LogP contribution in [0.5, 0.6) is 5.75 Å². The molecule has 2 amide bonds. The number of hydrogen-bond donors (Lipinski definition) is 2. The molecule has 0 atom stereocenters. The number of nitrogens with zero attached hydrogens (tertiary/aromatic N) is 3. The van der Waals surface area contributed by atoms with Crippen molar-refractivity contribution in [3.8, 4) is 16.3 Å². The van der Waals surface area contributed by atoms with Crippen LogP contribution in [0.1, 0.15) is 0 Å². The molecular formula is C16H13N5O4S. The lowest BCUT2D eigenvalue weighted by Crippen LogP contribution is -2.19. The van der Waals surface area contributed by atoms with Crippen molar-refractivity contribution in [2.75, 3.05) is 17.7 Å². The number of amides is 2. The smallest absolute Gasteiger partial charge is 0.325 e. The average Bonchev–Trinajstić information content (AvgIpc) is 3.10. The van der Waals surface area contributed by atoms with E-state index in [1.807, 2.05) is 24.3 Å². The second-order valence-electron chi connectivity index (χ2n) is 5.02. The van der Waals surface area contributed by atoms with E-state index in [0.717, 1.165) is 11.3 Å². The maximum absolute atomic E-state index is 12.0. The minimum Gasteiger partial charge on any atom is -0.497 e. The molecule has 9 nitrogen and oxygen atoms in total. The minimum absolute atomic E-state index is 0.0517. The summed E-state index contributed by atoms with van der Waals surface area (Å²) in [7, 11) is 1.59. The molecule has 0 aliphatic heterocycles. The third-order valence-electron chi connectivity index (χ3n) is 3.32. The third kappa shape index (κ3) is 4.11. The number of rotatable bonds is 5. The van der Waals surface area contributed by atoms with Gasteiger partial charge in [0.25, 0.3) is 5.69 Å². The van der Waals surface area contributed by atoms with E-state index < -0.39 is 11.0 Å². The van der Waals surface area contributed by atoms with Gasteiger partial charge in [-0.25, -0.2) is 4.79 Å². The summed E-state index contributed by atoms with van der Waals surface area (Å²) in [5, 5.41) is 24.7. The van der Waals surface area contributed by atoms with Crippen LogP contribution in [0.4, 0.5) is 21.3 Å². The summed E-state index contributed by atoms with van der Waals surface area (Å²) in [4.78, 5) is 22.1. The summed E-state index contributed by atoms with van der Waals surface area (Å²) in [6.07, 6.45) is 0. The molecule has 0 bridgehead atoms. The summed E-state index contributed by atoms with van der Waals surface area (Å²) in [5.74, 6) is 0.735. The van der Waals surface area contributed by atoms with Gasteiger partial charge in [-0.15, -0.1) is 10.2 Å². The van der Waals surface area contributed by atoms with Crippen molar-refractivity contribution in [3.05, 3.63) is 58.6 Å². The Morgan fingerprint density at radius 1 is 1.08 bits per heavy atom. The summed E-state index contributed by atoms with van der Waals surface area (Å²) in [6, 6.07) is 12.3. The van der Waals surface area contributed by atoms with Gasteiger partial charge in [-0.3, -0.25) is 15.4 Å². The normalized spacial score (nSPS) is 10.2. The average molecular weight is 371 g/mol. The molecule has 0 spiro atoms. The number of non-ortho nitro benzene ring substituents is 1. The predicted molar refractivity (Wildman–Crippen MR) is 97.6 cm³/mol. The van der Waals surface area contributed by atoms with Crippen molar-refractivity contribution in [1.29, 1.82) is 0 Å². The van der Waals surface area contributed by atoms with Crippen LogP contribution in [0.2, 0.25) is 0 Å². The molecule has 1 heterocycles. The first kappa shape index (κ1) is 17.3. The van der Waals surface area contributed by atoms with E-state index in [1.54, 1.807) is 7.11 Å². The summed E-state index contributed by atoms with van der Waals surface area (Å²) < 4.78 is 5.10. The molecule has 0 unspecified atom stereocenters. The van der Waals surface area contributed by atoms with Crippen LogP contribution in [-0.2, 0) is 0 Å². The van der Waals surface area contributed by atoms with E-state index in [0.29, 0.717) is 15.8 Å². The predicted octanol–water partition coefficient (Wildman–Crippen LogP) is 3.77. The van der Waals surface area contributed by atoms with E-state index in [9.17, 15) is 14.9 Å². The Morgan fingerprint density at radius 2 is 1.77 bits per heavy atom. The van der Waals surface area contributed by atoms with Gasteiger partial charge in [-0.05, 0) is 36.4 Å². The van der Waals surface area contributed by atoms with E-state index in [4.69, 9.17) is 4.74 Å². The molecule has 0 aliphatic rings. The number of nitrogens with one attached hydrogen (secondary N) is 2. The highest BCUT2D eigenvalue weighted by molar-refractivity contribution is 7.18. The summed E-state index contributed by atoms with van der Waals surface area (Å²) in [5.41, 5.74) is 1.23. The van der Waals surface area contributed by atoms with Crippen LogP contribution in [0.15, 0.2) is 48.5 Å². The molecule has 0 radical (unpaired) electrons. The largest absolute Gasteiger partial charge is 0.497 e. The van der Waals surface area contributed by atoms with Crippen LogP contribution in [0.3, 0.4) is 0 Å². The molecule has 0 aliphatic carbocycles. The number of nitro groups is 1. The Kier molecular flexibility index (Phi) is 5.04. The fraction of sp³-hybridized carbons (Fsp3) is 0.0625. The molecule has 10 heteroatoms. The Morgan fingerprint density at radius 3 is 2.38 bits per heavy atom. The van der Waals surface area contributed by atoms with Crippen LogP contribution < -0.4 is 15.4 Å². The fourth-order valence-corrected chi connectivity index (χ4v) is 2.79. The highest BCUT2D eigenvalue weighted by atomic mass is 32.1. The maximum Gasteiger partial charge on any atom is 0.325 e. The van der Waals surface area contributed by atoms with Gasteiger partial charge in [0.1, 0.15) is 10.8 Å². The quantitative estimate of drug-likeness (QED) is 0.520. The SMILES string of the molecule is COc1ccc(-c2nnc(NC(=O)Nc3ccc([N+](=O)[O-])cc3)s2)cc1. The molecule has 26 heavy (non-hydrogen) atoms. The number of anilines is 2. The van der Waals surface area contributed by atoms with Gasteiger partial charge in [0, 0.05) is 23.4 Å². The first-order chi connectivity index (χ1) is 12.5. The topological polar surface area (TPSA) is 119 Å². The van der Waals surface area contributed by atoms with Gasteiger partial charge in [0.15, 0.2) is 0 Å². The van der Waals surface area contributed by atoms with Gasteiger partial charge in [0.05, 0.1) is 12.0 Å². The van der Waals surface area contributed by atoms with Crippen LogP contribution in [-0.4, -0.2) is 28.3 Å². The molecule has 0 saturated heterocycles. The van der Waals surface area contributed by atoms with Crippen LogP contribution in [0, 0.1) is 10.1 Å². The van der Waals surface area contributed by atoms with E-state index >= 15 is 0 Å². The molecule has 2 aromatic carbocycles. The number of ether oxygens (including phenoxy) is 1. The fourth-order valence-electron chi connectivity index (χ4n) is 2.05. The number of aromatic nitrogens is 2. The number of carbonyl (C=O) groups excluding carboxylic acids is 1. The molecule has 3 rings (SSSR count). The third-order valence-corrected chi connectivity index (χ3v) is 4.21. The van der Waals surface area contributed by atoms with E-state index in [2.05, 4.69) is 20.8 Å².